The molecule has 0 saturated carbocycles. The molecule has 0 aromatic heterocycles. The van der Waals surface area contributed by atoms with Crippen LogP contribution in [0.4, 0.5) is 4.79 Å². The van der Waals surface area contributed by atoms with Gasteiger partial charge in [0.25, 0.3) is 5.91 Å². The third-order valence-electron chi connectivity index (χ3n) is 5.77. The molecule has 1 spiro atoms. The molecule has 1 aliphatic carbocycles. The smallest absolute Gasteiger partial charge is 0.407 e. The monoisotopic (exact) mass is 771 g/mol. The van der Waals surface area contributed by atoms with Crippen LogP contribution >= 0.6 is 63.7 Å². The van der Waals surface area contributed by atoms with E-state index in [1.54, 1.807) is 18.2 Å². The number of oxime groups is 1. The van der Waals surface area contributed by atoms with Gasteiger partial charge in [0, 0.05) is 13.0 Å². The number of nitrogens with zero attached hydrogens (tertiary/aromatic N) is 1. The molecule has 3 aliphatic rings. The van der Waals surface area contributed by atoms with Gasteiger partial charge in [-0.2, -0.15) is 0 Å². The number of hydrogen-bond donors (Lipinski definition) is 4. The van der Waals surface area contributed by atoms with Crippen molar-refractivity contribution in [3.05, 3.63) is 47.4 Å². The summed E-state index contributed by atoms with van der Waals surface area (Å²) in [6.07, 6.45) is -1.06. The van der Waals surface area contributed by atoms with E-state index < -0.39 is 29.8 Å². The maximum absolute atomic E-state index is 12.7. The van der Waals surface area contributed by atoms with Gasteiger partial charge in [-0.15, -0.1) is 0 Å². The highest BCUT2D eigenvalue weighted by molar-refractivity contribution is 9.12. The van der Waals surface area contributed by atoms with Gasteiger partial charge in [-0.3, -0.25) is 4.79 Å². The molecule has 200 valence electrons. The first kappa shape index (κ1) is 28.4. The summed E-state index contributed by atoms with van der Waals surface area (Å²) < 4.78 is 17.9. The molecular formula is C22H21Br4N3O8. The van der Waals surface area contributed by atoms with Crippen molar-refractivity contribution in [1.82, 2.24) is 10.6 Å². The second-order valence-corrected chi connectivity index (χ2v) is 11.7. The van der Waals surface area contributed by atoms with E-state index in [-0.39, 0.29) is 37.9 Å². The van der Waals surface area contributed by atoms with E-state index in [2.05, 4.69) is 79.5 Å². The van der Waals surface area contributed by atoms with Gasteiger partial charge in [0.05, 0.1) is 31.1 Å². The van der Waals surface area contributed by atoms with Gasteiger partial charge in [0.2, 0.25) is 0 Å². The summed E-state index contributed by atoms with van der Waals surface area (Å²) in [5.74, 6) is 0.367. The number of carbonyl (C=O) groups excluding carboxylic acids is 2. The SMILES string of the molecule is COC1=C(Br)C(O)C2(C=C1Br)CC(C(=O)NCC(O)c1cc(Br)c(OC[C@@H]3COC(=O)N3)c(Br)c1)=NO2. The highest BCUT2D eigenvalue weighted by atomic mass is 79.9. The van der Waals surface area contributed by atoms with Crippen molar-refractivity contribution in [3.63, 3.8) is 0 Å². The number of carbonyl (C=O) groups is 2. The zero-order valence-corrected chi connectivity index (χ0v) is 25.4. The lowest BCUT2D eigenvalue weighted by Crippen LogP contribution is -2.45. The number of hydrogen-bond acceptors (Lipinski definition) is 9. The molecule has 1 fully saturated rings. The summed E-state index contributed by atoms with van der Waals surface area (Å²) in [5, 5.41) is 30.6. The number of methoxy groups -OCH3 is 1. The van der Waals surface area contributed by atoms with Crippen molar-refractivity contribution >= 4 is 81.4 Å². The highest BCUT2D eigenvalue weighted by Crippen LogP contribution is 2.44. The van der Waals surface area contributed by atoms with Crippen LogP contribution in [0.2, 0.25) is 0 Å². The van der Waals surface area contributed by atoms with Crippen LogP contribution in [0.15, 0.2) is 47.0 Å². The predicted octanol–water partition coefficient (Wildman–Crippen LogP) is 3.27. The van der Waals surface area contributed by atoms with E-state index in [0.29, 0.717) is 35.0 Å². The number of aliphatic hydroxyl groups is 2. The molecular weight excluding hydrogens is 754 g/mol. The molecule has 2 amide bonds. The van der Waals surface area contributed by atoms with Crippen LogP contribution in [0.3, 0.4) is 0 Å². The minimum Gasteiger partial charge on any atom is -0.495 e. The topological polar surface area (TPSA) is 148 Å². The van der Waals surface area contributed by atoms with Gasteiger partial charge < -0.3 is 39.9 Å². The summed E-state index contributed by atoms with van der Waals surface area (Å²) >= 11 is 13.6. The lowest BCUT2D eigenvalue weighted by Gasteiger charge is -2.33. The van der Waals surface area contributed by atoms with Crippen molar-refractivity contribution < 1.29 is 38.9 Å². The second kappa shape index (κ2) is 11.6. The van der Waals surface area contributed by atoms with Crippen LogP contribution in [-0.4, -0.2) is 72.5 Å². The molecule has 2 aliphatic heterocycles. The summed E-state index contributed by atoms with van der Waals surface area (Å²) in [6.45, 7) is 0.317. The van der Waals surface area contributed by atoms with Crippen molar-refractivity contribution in [3.8, 4) is 5.75 Å². The number of halogens is 4. The van der Waals surface area contributed by atoms with Gasteiger partial charge in [-0.25, -0.2) is 4.79 Å². The van der Waals surface area contributed by atoms with Crippen molar-refractivity contribution in [2.45, 2.75) is 30.3 Å². The Bertz CT molecular complexity index is 1180. The molecule has 4 rings (SSSR count). The molecule has 1 aromatic carbocycles. The first-order chi connectivity index (χ1) is 17.5. The molecule has 1 saturated heterocycles. The largest absolute Gasteiger partial charge is 0.495 e. The number of benzene rings is 1. The molecule has 4 atom stereocenters. The fraction of sp³-hybridized carbons (Fsp3) is 0.409. The van der Waals surface area contributed by atoms with Crippen LogP contribution < -0.4 is 15.4 Å². The van der Waals surface area contributed by atoms with E-state index in [9.17, 15) is 19.8 Å². The van der Waals surface area contributed by atoms with E-state index in [1.807, 2.05) is 0 Å². The van der Waals surface area contributed by atoms with Crippen LogP contribution in [0.1, 0.15) is 18.1 Å². The maximum Gasteiger partial charge on any atom is 0.407 e. The van der Waals surface area contributed by atoms with Crippen LogP contribution in [0.5, 0.6) is 5.75 Å². The second-order valence-electron chi connectivity index (χ2n) is 8.33. The first-order valence-corrected chi connectivity index (χ1v) is 14.0. The number of alkyl carbamates (subject to hydrolysis) is 1. The fourth-order valence-electron chi connectivity index (χ4n) is 3.84. The fourth-order valence-corrected chi connectivity index (χ4v) is 7.08. The summed E-state index contributed by atoms with van der Waals surface area (Å²) in [4.78, 5) is 29.4. The van der Waals surface area contributed by atoms with Gasteiger partial charge >= 0.3 is 6.09 Å². The molecule has 4 N–H and O–H groups in total. The Hall–Kier alpha value is -1.65. The molecule has 3 unspecified atom stereocenters. The first-order valence-electron chi connectivity index (χ1n) is 10.8. The summed E-state index contributed by atoms with van der Waals surface area (Å²) in [5.41, 5.74) is -0.692. The third kappa shape index (κ3) is 6.01. The van der Waals surface area contributed by atoms with Gasteiger partial charge in [-0.05, 0) is 87.5 Å². The van der Waals surface area contributed by atoms with E-state index >= 15 is 0 Å². The van der Waals surface area contributed by atoms with Crippen LogP contribution in [0.25, 0.3) is 0 Å². The molecule has 0 bridgehead atoms. The molecule has 15 heteroatoms. The quantitative estimate of drug-likeness (QED) is 0.315. The van der Waals surface area contributed by atoms with Gasteiger partial charge in [-0.1, -0.05) is 5.16 Å². The number of nitrogens with one attached hydrogen (secondary N) is 2. The Labute approximate surface area is 245 Å². The zero-order chi connectivity index (χ0) is 26.9. The molecule has 2 heterocycles. The van der Waals surface area contributed by atoms with E-state index in [4.69, 9.17) is 19.0 Å². The van der Waals surface area contributed by atoms with Crippen molar-refractivity contribution in [1.29, 1.82) is 0 Å². The van der Waals surface area contributed by atoms with Crippen LogP contribution in [-0.2, 0) is 19.1 Å². The Morgan fingerprint density at radius 2 is 2.03 bits per heavy atom. The standard InChI is InChI=1S/C22H21Br4N3O8/c1-34-18-13(25)4-22(19(31)16(18)26)5-14(29-37-22)20(32)27-6-15(30)9-2-11(23)17(12(24)3-9)35-7-10-8-36-21(33)28-10/h2-4,10,15,19,30-31H,5-8H2,1H3,(H,27,32)(H,28,33)/t10-,15?,19?,22?/m1/s1. The normalized spacial score (nSPS) is 25.6. The number of amides is 2. The van der Waals surface area contributed by atoms with Crippen molar-refractivity contribution in [2.24, 2.45) is 5.16 Å². The number of rotatable bonds is 8. The number of aliphatic hydroxyl groups excluding tert-OH is 2. The lowest BCUT2D eigenvalue weighted by atomic mass is 9.87. The van der Waals surface area contributed by atoms with Crippen LogP contribution in [0, 0.1) is 0 Å². The van der Waals surface area contributed by atoms with Gasteiger partial charge in [0.1, 0.15) is 42.6 Å². The Balaban J connectivity index is 1.34. The summed E-state index contributed by atoms with van der Waals surface area (Å²) in [6, 6.07) is 3.08. The lowest BCUT2D eigenvalue weighted by molar-refractivity contribution is -0.115. The Kier molecular flexibility index (Phi) is 8.90. The van der Waals surface area contributed by atoms with Gasteiger partial charge in [0.15, 0.2) is 5.60 Å². The third-order valence-corrected chi connectivity index (χ3v) is 8.33. The highest BCUT2D eigenvalue weighted by Gasteiger charge is 2.50. The van der Waals surface area contributed by atoms with Crippen molar-refractivity contribution in [2.75, 3.05) is 26.9 Å². The number of cyclic esters (lactones) is 1. The minimum atomic E-state index is -1.27. The molecule has 37 heavy (non-hydrogen) atoms. The minimum absolute atomic E-state index is 0.00686. The molecule has 0 radical (unpaired) electrons. The molecule has 1 aromatic rings. The van der Waals surface area contributed by atoms with E-state index in [1.165, 1.54) is 7.11 Å². The summed E-state index contributed by atoms with van der Waals surface area (Å²) in [7, 11) is 1.47. The number of ether oxygens (including phenoxy) is 3. The van der Waals surface area contributed by atoms with E-state index in [0.717, 1.165) is 0 Å². The predicted molar refractivity (Wildman–Crippen MR) is 145 cm³/mol. The number of allylic oxidation sites excluding steroid dienone is 1. The average molecular weight is 775 g/mol. The zero-order valence-electron chi connectivity index (χ0n) is 19.1. The average Bonchev–Trinajstić information content (AvgIpc) is 3.47. The molecule has 11 nitrogen and oxygen atoms in total. The Morgan fingerprint density at radius 3 is 2.65 bits per heavy atom. The maximum atomic E-state index is 12.7. The Morgan fingerprint density at radius 1 is 1.32 bits per heavy atom.